The van der Waals surface area contributed by atoms with E-state index in [2.05, 4.69) is 36.1 Å². The maximum Gasteiger partial charge on any atom is 0.289 e. The Morgan fingerprint density at radius 2 is 1.71 bits per heavy atom. The molecule has 2 heterocycles. The number of amides is 2. The summed E-state index contributed by atoms with van der Waals surface area (Å²) in [5, 5.41) is 0. The molecule has 2 aliphatic heterocycles. The number of aryl methyl sites for hydroxylation is 1. The van der Waals surface area contributed by atoms with Crippen LogP contribution in [0.15, 0.2) is 78.6 Å². The molecule has 3 aliphatic rings. The number of nitrogens with zero attached hydrogens (tertiary/aromatic N) is 3. The van der Waals surface area contributed by atoms with Gasteiger partial charge in [-0.1, -0.05) is 54.4 Å². The topological polar surface area (TPSA) is 62.3 Å². The first-order valence-electron chi connectivity index (χ1n) is 15.0. The molecule has 6 rings (SSSR count). The molecule has 0 radical (unpaired) electrons. The standard InChI is InChI=1S/C35H39N3O4/c1-25-7-5-8-27(21-25)24-38-31-11-3-4-12-32(31)42-33(35(38)40)22-26-13-15-28(16-14-26)34(39)37-19-17-36(18-20-37)29-9-6-10-30(23-29)41-2/h5-10,13-16,21-23,31-32H,3-4,11-12,17-20,24H2,1-2H3/b33-22+. The van der Waals surface area contributed by atoms with Gasteiger partial charge in [0.15, 0.2) is 5.76 Å². The molecular formula is C35H39N3O4. The van der Waals surface area contributed by atoms with Gasteiger partial charge < -0.3 is 24.2 Å². The fourth-order valence-electron chi connectivity index (χ4n) is 6.40. The lowest BCUT2D eigenvalue weighted by Gasteiger charge is -2.44. The van der Waals surface area contributed by atoms with Gasteiger partial charge >= 0.3 is 0 Å². The van der Waals surface area contributed by atoms with Crippen LogP contribution in [0.4, 0.5) is 5.69 Å². The van der Waals surface area contributed by atoms with Crippen LogP contribution in [-0.4, -0.2) is 67.0 Å². The molecular weight excluding hydrogens is 526 g/mol. The minimum atomic E-state index is -0.0614. The van der Waals surface area contributed by atoms with Gasteiger partial charge in [-0.25, -0.2) is 0 Å². The van der Waals surface area contributed by atoms with Crippen LogP contribution in [0.1, 0.15) is 52.7 Å². The molecule has 7 heteroatoms. The highest BCUT2D eigenvalue weighted by atomic mass is 16.5. The van der Waals surface area contributed by atoms with Crippen LogP contribution in [0.2, 0.25) is 0 Å². The van der Waals surface area contributed by atoms with Crippen molar-refractivity contribution in [2.45, 2.75) is 51.3 Å². The number of methoxy groups -OCH3 is 1. The van der Waals surface area contributed by atoms with Crippen molar-refractivity contribution in [2.75, 3.05) is 38.2 Å². The third-order valence-corrected chi connectivity index (χ3v) is 8.69. The minimum Gasteiger partial charge on any atom is -0.497 e. The molecule has 3 aromatic rings. The molecule has 0 spiro atoms. The van der Waals surface area contributed by atoms with Crippen molar-refractivity contribution >= 4 is 23.6 Å². The monoisotopic (exact) mass is 565 g/mol. The summed E-state index contributed by atoms with van der Waals surface area (Å²) in [6, 6.07) is 24.0. The van der Waals surface area contributed by atoms with Gasteiger partial charge in [-0.15, -0.1) is 0 Å². The summed E-state index contributed by atoms with van der Waals surface area (Å²) >= 11 is 0. The molecule has 7 nitrogen and oxygen atoms in total. The van der Waals surface area contributed by atoms with Gasteiger partial charge in [-0.3, -0.25) is 9.59 Å². The second-order valence-electron chi connectivity index (χ2n) is 11.5. The summed E-state index contributed by atoms with van der Waals surface area (Å²) in [5.41, 5.74) is 4.94. The largest absolute Gasteiger partial charge is 0.497 e. The van der Waals surface area contributed by atoms with Gasteiger partial charge in [-0.2, -0.15) is 0 Å². The molecule has 0 bridgehead atoms. The number of benzene rings is 3. The Labute approximate surface area is 248 Å². The lowest BCUT2D eigenvalue weighted by molar-refractivity contribution is -0.149. The predicted molar refractivity (Wildman–Crippen MR) is 164 cm³/mol. The van der Waals surface area contributed by atoms with Crippen LogP contribution in [-0.2, 0) is 16.1 Å². The molecule has 0 aromatic heterocycles. The number of morpholine rings is 1. The van der Waals surface area contributed by atoms with Crippen molar-refractivity contribution in [3.05, 3.63) is 101 Å². The van der Waals surface area contributed by atoms with Gasteiger partial charge in [-0.05, 0) is 67.7 Å². The van der Waals surface area contributed by atoms with Gasteiger partial charge in [0.2, 0.25) is 0 Å². The van der Waals surface area contributed by atoms with E-state index >= 15 is 0 Å². The Balaban J connectivity index is 1.13. The van der Waals surface area contributed by atoms with Crippen molar-refractivity contribution in [3.8, 4) is 5.75 Å². The predicted octanol–water partition coefficient (Wildman–Crippen LogP) is 5.68. The second kappa shape index (κ2) is 12.3. The molecule has 3 fully saturated rings. The average molecular weight is 566 g/mol. The highest BCUT2D eigenvalue weighted by Gasteiger charge is 2.41. The number of carbonyl (C=O) groups is 2. The number of fused-ring (bicyclic) bond motifs is 1. The maximum atomic E-state index is 13.7. The first kappa shape index (κ1) is 27.9. The number of ether oxygens (including phenoxy) is 2. The van der Waals surface area contributed by atoms with Crippen LogP contribution in [0.25, 0.3) is 6.08 Å². The number of hydrogen-bond acceptors (Lipinski definition) is 5. The normalized spacial score (nSPS) is 21.6. The third-order valence-electron chi connectivity index (χ3n) is 8.69. The molecule has 1 saturated carbocycles. The summed E-state index contributed by atoms with van der Waals surface area (Å²) < 4.78 is 11.7. The Morgan fingerprint density at radius 1 is 0.952 bits per heavy atom. The fourth-order valence-corrected chi connectivity index (χ4v) is 6.40. The van der Waals surface area contributed by atoms with Gasteiger partial charge in [0.25, 0.3) is 11.8 Å². The summed E-state index contributed by atoms with van der Waals surface area (Å²) in [7, 11) is 1.67. The molecule has 0 N–H and O–H groups in total. The summed E-state index contributed by atoms with van der Waals surface area (Å²) in [5.74, 6) is 1.19. The molecule has 2 atom stereocenters. The van der Waals surface area contributed by atoms with Crippen LogP contribution in [0.3, 0.4) is 0 Å². The van der Waals surface area contributed by atoms with E-state index in [0.29, 0.717) is 31.0 Å². The number of carbonyl (C=O) groups excluding carboxylic acids is 2. The van der Waals surface area contributed by atoms with E-state index in [0.717, 1.165) is 61.3 Å². The number of hydrogen-bond donors (Lipinski definition) is 0. The number of anilines is 1. The van der Waals surface area contributed by atoms with Crippen LogP contribution in [0, 0.1) is 6.92 Å². The van der Waals surface area contributed by atoms with E-state index in [1.807, 2.05) is 64.4 Å². The van der Waals surface area contributed by atoms with Crippen molar-refractivity contribution in [3.63, 3.8) is 0 Å². The van der Waals surface area contributed by atoms with Crippen molar-refractivity contribution in [1.29, 1.82) is 0 Å². The smallest absolute Gasteiger partial charge is 0.289 e. The highest BCUT2D eigenvalue weighted by Crippen LogP contribution is 2.34. The molecule has 42 heavy (non-hydrogen) atoms. The van der Waals surface area contributed by atoms with Crippen LogP contribution >= 0.6 is 0 Å². The highest BCUT2D eigenvalue weighted by molar-refractivity contribution is 5.97. The summed E-state index contributed by atoms with van der Waals surface area (Å²) in [6.07, 6.45) is 6.01. The SMILES string of the molecule is COc1cccc(N2CCN(C(=O)c3ccc(/C=C4/OC5CCCCC5N(Cc5cccc(C)c5)C4=O)cc3)CC2)c1. The van der Waals surface area contributed by atoms with E-state index in [-0.39, 0.29) is 24.0 Å². The van der Waals surface area contributed by atoms with E-state index in [4.69, 9.17) is 9.47 Å². The van der Waals surface area contributed by atoms with Gasteiger partial charge in [0.1, 0.15) is 11.9 Å². The first-order valence-corrected chi connectivity index (χ1v) is 15.0. The summed E-state index contributed by atoms with van der Waals surface area (Å²) in [4.78, 5) is 33.2. The van der Waals surface area contributed by atoms with E-state index < -0.39 is 0 Å². The van der Waals surface area contributed by atoms with E-state index in [1.54, 1.807) is 7.11 Å². The quantitative estimate of drug-likeness (QED) is 0.360. The minimum absolute atomic E-state index is 0.0176. The molecule has 1 aliphatic carbocycles. The fraction of sp³-hybridized carbons (Fsp3) is 0.371. The van der Waals surface area contributed by atoms with Crippen molar-refractivity contribution in [1.82, 2.24) is 9.80 Å². The zero-order chi connectivity index (χ0) is 29.1. The number of rotatable bonds is 6. The van der Waals surface area contributed by atoms with Gasteiger partial charge in [0, 0.05) is 50.0 Å². The Kier molecular flexibility index (Phi) is 8.17. The van der Waals surface area contributed by atoms with Crippen LogP contribution in [0.5, 0.6) is 5.75 Å². The van der Waals surface area contributed by atoms with E-state index in [1.165, 1.54) is 5.56 Å². The molecule has 2 amide bonds. The molecule has 2 saturated heterocycles. The number of piperazine rings is 1. The molecule has 2 unspecified atom stereocenters. The summed E-state index contributed by atoms with van der Waals surface area (Å²) in [6.45, 7) is 5.51. The lowest BCUT2D eigenvalue weighted by atomic mass is 9.89. The third kappa shape index (κ3) is 6.01. The van der Waals surface area contributed by atoms with Gasteiger partial charge in [0.05, 0.1) is 13.2 Å². The second-order valence-corrected chi connectivity index (χ2v) is 11.5. The maximum absolute atomic E-state index is 13.7. The lowest BCUT2D eigenvalue weighted by Crippen LogP contribution is -2.54. The first-order chi connectivity index (χ1) is 20.5. The van der Waals surface area contributed by atoms with E-state index in [9.17, 15) is 9.59 Å². The zero-order valence-electron chi connectivity index (χ0n) is 24.5. The molecule has 3 aromatic carbocycles. The average Bonchev–Trinajstić information content (AvgIpc) is 3.03. The molecule has 218 valence electrons. The Morgan fingerprint density at radius 3 is 2.48 bits per heavy atom. The van der Waals surface area contributed by atoms with Crippen LogP contribution < -0.4 is 9.64 Å². The zero-order valence-corrected chi connectivity index (χ0v) is 24.5. The van der Waals surface area contributed by atoms with Crippen molar-refractivity contribution in [2.24, 2.45) is 0 Å². The Bertz CT molecular complexity index is 1460. The Hall–Kier alpha value is -4.26. The van der Waals surface area contributed by atoms with Crippen molar-refractivity contribution < 1.29 is 19.1 Å².